The van der Waals surface area contributed by atoms with Gasteiger partial charge in [-0.25, -0.2) is 9.18 Å². The van der Waals surface area contributed by atoms with Crippen molar-refractivity contribution in [1.82, 2.24) is 0 Å². The van der Waals surface area contributed by atoms with Crippen LogP contribution in [0.25, 0.3) is 11.0 Å². The lowest BCUT2D eigenvalue weighted by atomic mass is 10.2. The van der Waals surface area contributed by atoms with Gasteiger partial charge >= 0.3 is 5.63 Å². The Labute approximate surface area is 85.5 Å². The lowest BCUT2D eigenvalue weighted by Gasteiger charge is -2.05. The first-order chi connectivity index (χ1) is 7.20. The Balaban J connectivity index is 2.75. The van der Waals surface area contributed by atoms with Gasteiger partial charge in [0.05, 0.1) is 5.69 Å². The molecule has 0 bridgehead atoms. The summed E-state index contributed by atoms with van der Waals surface area (Å²) in [5.41, 5.74) is 0.431. The molecule has 0 saturated heterocycles. The van der Waals surface area contributed by atoms with Gasteiger partial charge in [-0.1, -0.05) is 0 Å². The maximum atomic E-state index is 13.0. The molecule has 77 valence electrons. The second kappa shape index (κ2) is 3.73. The SMILES string of the molecule is [CH2]CNc1cc(=O)oc2ccc(F)cc12. The first-order valence-corrected chi connectivity index (χ1v) is 4.47. The Morgan fingerprint density at radius 1 is 1.40 bits per heavy atom. The van der Waals surface area contributed by atoms with Gasteiger partial charge in [0.2, 0.25) is 0 Å². The second-order valence-electron chi connectivity index (χ2n) is 3.05. The molecule has 2 aromatic rings. The standard InChI is InChI=1S/C11H9FNO2/c1-2-13-9-6-11(14)15-10-4-3-7(12)5-8(9)10/h3-6,13H,1-2H2. The highest BCUT2D eigenvalue weighted by Crippen LogP contribution is 2.21. The molecular weight excluding hydrogens is 197 g/mol. The molecule has 0 spiro atoms. The number of nitrogens with one attached hydrogen (secondary N) is 1. The van der Waals surface area contributed by atoms with Gasteiger partial charge in [-0.2, -0.15) is 0 Å². The van der Waals surface area contributed by atoms with E-state index < -0.39 is 5.63 Å². The van der Waals surface area contributed by atoms with Crippen LogP contribution in [0, 0.1) is 12.7 Å². The minimum atomic E-state index is -0.468. The van der Waals surface area contributed by atoms with E-state index in [2.05, 4.69) is 12.2 Å². The van der Waals surface area contributed by atoms with Crippen molar-refractivity contribution in [3.8, 4) is 0 Å². The van der Waals surface area contributed by atoms with Crippen LogP contribution in [0.15, 0.2) is 33.5 Å². The topological polar surface area (TPSA) is 42.2 Å². The molecule has 15 heavy (non-hydrogen) atoms. The molecule has 0 aliphatic rings. The van der Waals surface area contributed by atoms with Crippen LogP contribution in [0.5, 0.6) is 0 Å². The van der Waals surface area contributed by atoms with Gasteiger partial charge in [0.1, 0.15) is 11.4 Å². The third-order valence-electron chi connectivity index (χ3n) is 2.02. The van der Waals surface area contributed by atoms with Crippen molar-refractivity contribution in [3.63, 3.8) is 0 Å². The fraction of sp³-hybridized carbons (Fsp3) is 0.0909. The molecule has 1 aromatic heterocycles. The van der Waals surface area contributed by atoms with E-state index in [1.807, 2.05) is 0 Å². The molecule has 1 heterocycles. The van der Waals surface area contributed by atoms with Gasteiger partial charge in [0, 0.05) is 18.0 Å². The summed E-state index contributed by atoms with van der Waals surface area (Å²) in [7, 11) is 0. The smallest absolute Gasteiger partial charge is 0.338 e. The van der Waals surface area contributed by atoms with Crippen LogP contribution in [-0.2, 0) is 0 Å². The van der Waals surface area contributed by atoms with Crippen LogP contribution in [-0.4, -0.2) is 6.54 Å². The molecule has 4 heteroatoms. The number of fused-ring (bicyclic) bond motifs is 1. The van der Waals surface area contributed by atoms with E-state index >= 15 is 0 Å². The van der Waals surface area contributed by atoms with Crippen molar-refractivity contribution < 1.29 is 8.81 Å². The largest absolute Gasteiger partial charge is 0.423 e. The van der Waals surface area contributed by atoms with Crippen LogP contribution in [0.4, 0.5) is 10.1 Å². The number of rotatable bonds is 2. The van der Waals surface area contributed by atoms with Crippen molar-refractivity contribution in [2.24, 2.45) is 0 Å². The van der Waals surface area contributed by atoms with E-state index in [4.69, 9.17) is 4.42 Å². The quantitative estimate of drug-likeness (QED) is 0.766. The molecule has 1 radical (unpaired) electrons. The first-order valence-electron chi connectivity index (χ1n) is 4.47. The first kappa shape index (κ1) is 9.71. The summed E-state index contributed by atoms with van der Waals surface area (Å²) in [6, 6.07) is 5.28. The van der Waals surface area contributed by atoms with E-state index in [1.165, 1.54) is 24.3 Å². The molecule has 1 N–H and O–H groups in total. The average molecular weight is 206 g/mol. The molecular formula is C11H9FNO2. The van der Waals surface area contributed by atoms with E-state index in [0.29, 0.717) is 23.2 Å². The van der Waals surface area contributed by atoms with Gasteiger partial charge in [-0.3, -0.25) is 0 Å². The molecule has 0 amide bonds. The van der Waals surface area contributed by atoms with E-state index in [0.717, 1.165) is 0 Å². The Hall–Kier alpha value is -1.84. The fourth-order valence-electron chi connectivity index (χ4n) is 1.42. The highest BCUT2D eigenvalue weighted by molar-refractivity contribution is 5.89. The van der Waals surface area contributed by atoms with Crippen molar-refractivity contribution in [2.45, 2.75) is 0 Å². The summed E-state index contributed by atoms with van der Waals surface area (Å²) < 4.78 is 17.9. The van der Waals surface area contributed by atoms with Crippen LogP contribution in [0.1, 0.15) is 0 Å². The average Bonchev–Trinajstić information content (AvgIpc) is 2.19. The van der Waals surface area contributed by atoms with E-state index in [9.17, 15) is 9.18 Å². The lowest BCUT2D eigenvalue weighted by molar-refractivity contribution is 0.559. The number of halogens is 1. The molecule has 1 aromatic carbocycles. The summed E-state index contributed by atoms with van der Waals surface area (Å²) in [4.78, 5) is 11.1. The van der Waals surface area contributed by atoms with Crippen molar-refractivity contribution in [1.29, 1.82) is 0 Å². The minimum absolute atomic E-state index is 0.361. The highest BCUT2D eigenvalue weighted by atomic mass is 19.1. The Kier molecular flexibility index (Phi) is 2.41. The number of hydrogen-bond donors (Lipinski definition) is 1. The van der Waals surface area contributed by atoms with Crippen LogP contribution in [0.3, 0.4) is 0 Å². The molecule has 0 atom stereocenters. The van der Waals surface area contributed by atoms with E-state index in [-0.39, 0.29) is 5.82 Å². The third-order valence-corrected chi connectivity index (χ3v) is 2.02. The van der Waals surface area contributed by atoms with Crippen LogP contribution in [0.2, 0.25) is 0 Å². The predicted octanol–water partition coefficient (Wildman–Crippen LogP) is 2.18. The summed E-state index contributed by atoms with van der Waals surface area (Å²) >= 11 is 0. The predicted molar refractivity (Wildman–Crippen MR) is 56.3 cm³/mol. The van der Waals surface area contributed by atoms with Gasteiger partial charge in [-0.15, -0.1) is 0 Å². The second-order valence-corrected chi connectivity index (χ2v) is 3.05. The monoisotopic (exact) mass is 206 g/mol. The number of anilines is 1. The van der Waals surface area contributed by atoms with Crippen molar-refractivity contribution >= 4 is 16.7 Å². The maximum Gasteiger partial charge on any atom is 0.338 e. The minimum Gasteiger partial charge on any atom is -0.423 e. The van der Waals surface area contributed by atoms with Crippen LogP contribution < -0.4 is 10.9 Å². The maximum absolute atomic E-state index is 13.0. The summed E-state index contributed by atoms with van der Waals surface area (Å²) in [5, 5.41) is 3.42. The molecule has 0 aliphatic carbocycles. The van der Waals surface area contributed by atoms with Crippen molar-refractivity contribution in [3.05, 3.63) is 47.4 Å². The molecule has 0 fully saturated rings. The zero-order valence-corrected chi connectivity index (χ0v) is 7.92. The summed E-state index contributed by atoms with van der Waals surface area (Å²) in [6.07, 6.45) is 0. The van der Waals surface area contributed by atoms with Gasteiger partial charge in [0.15, 0.2) is 0 Å². The van der Waals surface area contributed by atoms with Crippen LogP contribution >= 0.6 is 0 Å². The summed E-state index contributed by atoms with van der Waals surface area (Å²) in [5.74, 6) is -0.372. The fourth-order valence-corrected chi connectivity index (χ4v) is 1.42. The highest BCUT2D eigenvalue weighted by Gasteiger charge is 2.05. The molecule has 0 saturated carbocycles. The van der Waals surface area contributed by atoms with Crippen molar-refractivity contribution in [2.75, 3.05) is 11.9 Å². The Morgan fingerprint density at radius 2 is 2.20 bits per heavy atom. The molecule has 0 aliphatic heterocycles. The third kappa shape index (κ3) is 1.83. The van der Waals surface area contributed by atoms with Gasteiger partial charge < -0.3 is 9.73 Å². The normalized spacial score (nSPS) is 10.5. The molecule has 2 rings (SSSR count). The molecule has 0 unspecified atom stereocenters. The summed E-state index contributed by atoms with van der Waals surface area (Å²) in [6.45, 7) is 4.01. The number of hydrogen-bond acceptors (Lipinski definition) is 3. The zero-order valence-electron chi connectivity index (χ0n) is 7.92. The lowest BCUT2D eigenvalue weighted by Crippen LogP contribution is -2.04. The van der Waals surface area contributed by atoms with Gasteiger partial charge in [0.25, 0.3) is 0 Å². The zero-order chi connectivity index (χ0) is 10.8. The Bertz CT molecular complexity index is 548. The Morgan fingerprint density at radius 3 is 2.93 bits per heavy atom. The number of benzene rings is 1. The van der Waals surface area contributed by atoms with E-state index in [1.54, 1.807) is 0 Å². The van der Waals surface area contributed by atoms with Gasteiger partial charge in [-0.05, 0) is 25.1 Å². The molecule has 3 nitrogen and oxygen atoms in total.